The minimum Gasteiger partial charge on any atom is -0.496 e. The second-order valence-corrected chi connectivity index (χ2v) is 9.53. The van der Waals surface area contributed by atoms with Gasteiger partial charge in [-0.3, -0.25) is 4.79 Å². The predicted octanol–water partition coefficient (Wildman–Crippen LogP) is 4.03. The quantitative estimate of drug-likeness (QED) is 0.691. The van der Waals surface area contributed by atoms with Crippen LogP contribution in [-0.4, -0.2) is 60.7 Å². The first-order chi connectivity index (χ1) is 13.2. The van der Waals surface area contributed by atoms with Gasteiger partial charge in [0.15, 0.2) is 0 Å². The zero-order valence-electron chi connectivity index (χ0n) is 17.0. The number of carbonyl (C=O) groups excluding carboxylic acids is 2. The van der Waals surface area contributed by atoms with Crippen LogP contribution in [0.2, 0.25) is 0 Å². The fourth-order valence-electron chi connectivity index (χ4n) is 3.70. The highest BCUT2D eigenvalue weighted by Gasteiger charge is 2.35. The van der Waals surface area contributed by atoms with Crippen molar-refractivity contribution in [1.29, 1.82) is 0 Å². The summed E-state index contributed by atoms with van der Waals surface area (Å²) in [6.07, 6.45) is 1.07. The lowest BCUT2D eigenvalue weighted by atomic mass is 9.90. The van der Waals surface area contributed by atoms with Crippen LogP contribution in [0.5, 0.6) is 5.75 Å². The van der Waals surface area contributed by atoms with Gasteiger partial charge >= 0.3 is 6.09 Å². The topological polar surface area (TPSA) is 59.1 Å². The van der Waals surface area contributed by atoms with Crippen LogP contribution in [0.3, 0.4) is 0 Å². The van der Waals surface area contributed by atoms with Crippen molar-refractivity contribution in [3.05, 3.63) is 28.2 Å². The van der Waals surface area contributed by atoms with Gasteiger partial charge in [-0.05, 0) is 66.7 Å². The van der Waals surface area contributed by atoms with Gasteiger partial charge < -0.3 is 19.3 Å². The molecule has 1 aromatic rings. The number of amides is 2. The molecule has 0 saturated carbocycles. The summed E-state index contributed by atoms with van der Waals surface area (Å²) in [5, 5.41) is 0. The average Bonchev–Trinajstić information content (AvgIpc) is 3.00. The number of hydrogen-bond donors (Lipinski definition) is 0. The van der Waals surface area contributed by atoms with Crippen molar-refractivity contribution in [2.45, 2.75) is 45.1 Å². The number of halogens is 1. The fraction of sp³-hybridized carbons (Fsp3) is 0.619. The molecule has 1 unspecified atom stereocenters. The van der Waals surface area contributed by atoms with E-state index in [1.165, 1.54) is 5.56 Å². The average molecular weight is 453 g/mol. The molecule has 2 aliphatic heterocycles. The predicted molar refractivity (Wildman–Crippen MR) is 111 cm³/mol. The zero-order chi connectivity index (χ0) is 20.5. The van der Waals surface area contributed by atoms with Gasteiger partial charge in [-0.2, -0.15) is 0 Å². The molecule has 2 aliphatic rings. The van der Waals surface area contributed by atoms with E-state index in [0.29, 0.717) is 25.4 Å². The van der Waals surface area contributed by atoms with Crippen molar-refractivity contribution >= 4 is 27.9 Å². The SMILES string of the molecule is COc1ccc(C2CN(C(=O)CC3CCN(C(=O)OC(C)(C)C)C3)C2)cc1Br. The first kappa shape index (κ1) is 21.0. The summed E-state index contributed by atoms with van der Waals surface area (Å²) in [6.45, 7) is 8.36. The molecule has 2 heterocycles. The molecule has 154 valence electrons. The number of nitrogens with zero attached hydrogens (tertiary/aromatic N) is 2. The Morgan fingerprint density at radius 1 is 1.18 bits per heavy atom. The van der Waals surface area contributed by atoms with Gasteiger partial charge in [0.1, 0.15) is 11.4 Å². The first-order valence-corrected chi connectivity index (χ1v) is 10.5. The van der Waals surface area contributed by atoms with Crippen LogP contribution in [0, 0.1) is 5.92 Å². The molecule has 0 bridgehead atoms. The standard InChI is InChI=1S/C21H29BrN2O4/c1-21(2,3)28-20(26)23-8-7-14(11-23)9-19(25)24-12-16(13-24)15-5-6-18(27-4)17(22)10-15/h5-6,10,14,16H,7-9,11-13H2,1-4H3. The van der Waals surface area contributed by atoms with E-state index >= 15 is 0 Å². The molecule has 0 radical (unpaired) electrons. The van der Waals surface area contributed by atoms with Gasteiger partial charge in [-0.25, -0.2) is 4.79 Å². The molecule has 28 heavy (non-hydrogen) atoms. The van der Waals surface area contributed by atoms with E-state index < -0.39 is 5.60 Å². The number of carbonyl (C=O) groups is 2. The molecule has 0 aliphatic carbocycles. The maximum atomic E-state index is 12.6. The molecule has 6 nitrogen and oxygen atoms in total. The summed E-state index contributed by atoms with van der Waals surface area (Å²) < 4.78 is 11.6. The molecular formula is C21H29BrN2O4. The van der Waals surface area contributed by atoms with E-state index in [9.17, 15) is 9.59 Å². The van der Waals surface area contributed by atoms with Crippen LogP contribution in [0.1, 0.15) is 45.1 Å². The highest BCUT2D eigenvalue weighted by Crippen LogP contribution is 2.34. The molecule has 0 N–H and O–H groups in total. The number of likely N-dealkylation sites (tertiary alicyclic amines) is 2. The Morgan fingerprint density at radius 2 is 1.89 bits per heavy atom. The molecule has 0 spiro atoms. The highest BCUT2D eigenvalue weighted by molar-refractivity contribution is 9.10. The van der Waals surface area contributed by atoms with Crippen LogP contribution in [0.15, 0.2) is 22.7 Å². The Hall–Kier alpha value is -1.76. The number of rotatable bonds is 4. The highest BCUT2D eigenvalue weighted by atomic mass is 79.9. The largest absolute Gasteiger partial charge is 0.496 e. The summed E-state index contributed by atoms with van der Waals surface area (Å²) in [5.74, 6) is 1.58. The fourth-order valence-corrected chi connectivity index (χ4v) is 4.26. The lowest BCUT2D eigenvalue weighted by molar-refractivity contribution is -0.136. The van der Waals surface area contributed by atoms with Gasteiger partial charge in [-0.15, -0.1) is 0 Å². The van der Waals surface area contributed by atoms with Gasteiger partial charge in [0.25, 0.3) is 0 Å². The maximum Gasteiger partial charge on any atom is 0.410 e. The van der Waals surface area contributed by atoms with E-state index in [-0.39, 0.29) is 17.9 Å². The second kappa shape index (κ2) is 8.31. The summed E-state index contributed by atoms with van der Waals surface area (Å²) in [4.78, 5) is 28.4. The summed E-state index contributed by atoms with van der Waals surface area (Å²) in [6, 6.07) is 6.08. The van der Waals surface area contributed by atoms with Crippen molar-refractivity contribution < 1.29 is 19.1 Å². The molecule has 2 amide bonds. The van der Waals surface area contributed by atoms with Gasteiger partial charge in [0.2, 0.25) is 5.91 Å². The molecule has 0 aromatic heterocycles. The van der Waals surface area contributed by atoms with Gasteiger partial charge in [0, 0.05) is 38.5 Å². The minimum absolute atomic E-state index is 0.180. The van der Waals surface area contributed by atoms with Crippen molar-refractivity contribution in [1.82, 2.24) is 9.80 Å². The van der Waals surface area contributed by atoms with Gasteiger partial charge in [-0.1, -0.05) is 6.07 Å². The molecule has 3 rings (SSSR count). The Balaban J connectivity index is 1.45. The van der Waals surface area contributed by atoms with Crippen LogP contribution in [0.4, 0.5) is 4.79 Å². The molecular weight excluding hydrogens is 424 g/mol. The second-order valence-electron chi connectivity index (χ2n) is 8.67. The lowest BCUT2D eigenvalue weighted by Crippen LogP contribution is -2.49. The summed E-state index contributed by atoms with van der Waals surface area (Å²) in [7, 11) is 1.65. The summed E-state index contributed by atoms with van der Waals surface area (Å²) in [5.41, 5.74) is 0.724. The third-order valence-electron chi connectivity index (χ3n) is 5.28. The normalized spacial score (nSPS) is 20.1. The third-order valence-corrected chi connectivity index (χ3v) is 5.90. The monoisotopic (exact) mass is 452 g/mol. The van der Waals surface area contributed by atoms with Crippen molar-refractivity contribution in [3.63, 3.8) is 0 Å². The van der Waals surface area contributed by atoms with Crippen LogP contribution in [-0.2, 0) is 9.53 Å². The molecule has 1 aromatic carbocycles. The number of methoxy groups -OCH3 is 1. The van der Waals surface area contributed by atoms with Crippen molar-refractivity contribution in [2.75, 3.05) is 33.3 Å². The molecule has 2 fully saturated rings. The molecule has 7 heteroatoms. The minimum atomic E-state index is -0.492. The number of hydrogen-bond acceptors (Lipinski definition) is 4. The Morgan fingerprint density at radius 3 is 2.50 bits per heavy atom. The lowest BCUT2D eigenvalue weighted by Gasteiger charge is -2.40. The van der Waals surface area contributed by atoms with E-state index in [2.05, 4.69) is 28.1 Å². The third kappa shape index (κ3) is 4.99. The molecule has 1 atom stereocenters. The number of ether oxygens (including phenoxy) is 2. The molecule has 2 saturated heterocycles. The van der Waals surface area contributed by atoms with Crippen molar-refractivity contribution in [2.24, 2.45) is 5.92 Å². The van der Waals surface area contributed by atoms with Crippen LogP contribution < -0.4 is 4.74 Å². The van der Waals surface area contributed by atoms with E-state index in [4.69, 9.17) is 9.47 Å². The Labute approximate surface area is 175 Å². The van der Waals surface area contributed by atoms with Crippen LogP contribution >= 0.6 is 15.9 Å². The Kier molecular flexibility index (Phi) is 6.22. The smallest absolute Gasteiger partial charge is 0.410 e. The van der Waals surface area contributed by atoms with Crippen molar-refractivity contribution in [3.8, 4) is 5.75 Å². The van der Waals surface area contributed by atoms with Gasteiger partial charge in [0.05, 0.1) is 11.6 Å². The Bertz CT molecular complexity index is 740. The van der Waals surface area contributed by atoms with Crippen LogP contribution in [0.25, 0.3) is 0 Å². The van der Waals surface area contributed by atoms with E-state index in [1.807, 2.05) is 31.7 Å². The van der Waals surface area contributed by atoms with E-state index in [1.54, 1.807) is 12.0 Å². The summed E-state index contributed by atoms with van der Waals surface area (Å²) >= 11 is 3.52. The van der Waals surface area contributed by atoms with E-state index in [0.717, 1.165) is 29.7 Å². The number of benzene rings is 1. The maximum absolute atomic E-state index is 12.6. The zero-order valence-corrected chi connectivity index (χ0v) is 18.6. The first-order valence-electron chi connectivity index (χ1n) is 9.75.